The van der Waals surface area contributed by atoms with Crippen LogP contribution in [0.25, 0.3) is 17.4 Å². The molecule has 0 spiro atoms. The Labute approximate surface area is 201 Å². The topological polar surface area (TPSA) is 45.8 Å². The highest BCUT2D eigenvalue weighted by Gasteiger charge is 2.36. The van der Waals surface area contributed by atoms with Gasteiger partial charge in [-0.2, -0.15) is 0 Å². The first-order valence-electron chi connectivity index (χ1n) is 10.3. The zero-order valence-corrected chi connectivity index (χ0v) is 20.3. The largest absolute Gasteiger partial charge is 0.457 e. The van der Waals surface area contributed by atoms with Crippen molar-refractivity contribution in [2.45, 2.75) is 33.2 Å². The molecular formula is C25H22Cl2N2O2S. The number of furan rings is 1. The Balaban J connectivity index is 1.65. The van der Waals surface area contributed by atoms with Crippen LogP contribution in [0.3, 0.4) is 0 Å². The first-order chi connectivity index (χ1) is 15.4. The monoisotopic (exact) mass is 484 g/mol. The highest BCUT2D eigenvalue weighted by Crippen LogP contribution is 2.37. The Morgan fingerprint density at radius 3 is 2.53 bits per heavy atom. The maximum Gasteiger partial charge on any atom is 0.267 e. The van der Waals surface area contributed by atoms with Gasteiger partial charge in [0.25, 0.3) is 5.91 Å². The lowest BCUT2D eigenvalue weighted by atomic mass is 10.2. The third-order valence-corrected chi connectivity index (χ3v) is 6.95. The Bertz CT molecular complexity index is 1210. The number of hydrogen-bond acceptors (Lipinski definition) is 4. The maximum absolute atomic E-state index is 13.2. The van der Waals surface area contributed by atoms with Crippen LogP contribution < -0.4 is 0 Å². The molecule has 2 heterocycles. The summed E-state index contributed by atoms with van der Waals surface area (Å²) in [5, 5.41) is 1.63. The molecular weight excluding hydrogens is 463 g/mol. The standard InChI is InChI=1S/C25H22Cl2N2O2S/c1-4-16(3)29-24(30)23(32-25(29)28-18-8-5-15(2)6-9-18)14-19-10-12-22(31-19)17-7-11-20(26)21(27)13-17/h5-14,16H,4H2,1-3H3/b23-14+,28-25?/t16-/m0/s1. The van der Waals surface area contributed by atoms with E-state index in [2.05, 4.69) is 6.92 Å². The van der Waals surface area contributed by atoms with Crippen molar-refractivity contribution in [3.8, 4) is 11.3 Å². The quantitative estimate of drug-likeness (QED) is 0.345. The molecule has 0 unspecified atom stereocenters. The Hall–Kier alpha value is -2.47. The van der Waals surface area contributed by atoms with Crippen LogP contribution in [0.2, 0.25) is 10.0 Å². The van der Waals surface area contributed by atoms with Crippen LogP contribution in [0.15, 0.2) is 68.9 Å². The summed E-state index contributed by atoms with van der Waals surface area (Å²) in [5.41, 5.74) is 2.80. The lowest BCUT2D eigenvalue weighted by Gasteiger charge is -2.22. The van der Waals surface area contributed by atoms with Crippen molar-refractivity contribution >= 4 is 57.8 Å². The third-order valence-electron chi connectivity index (χ3n) is 5.23. The van der Waals surface area contributed by atoms with E-state index in [-0.39, 0.29) is 11.9 Å². The molecule has 1 amide bonds. The Morgan fingerprint density at radius 2 is 1.84 bits per heavy atom. The molecule has 2 aromatic carbocycles. The second-order valence-electron chi connectivity index (χ2n) is 7.60. The van der Waals surface area contributed by atoms with E-state index in [1.54, 1.807) is 23.1 Å². The van der Waals surface area contributed by atoms with Gasteiger partial charge < -0.3 is 4.42 Å². The predicted octanol–water partition coefficient (Wildman–Crippen LogP) is 7.96. The third kappa shape index (κ3) is 4.80. The first kappa shape index (κ1) is 22.7. The van der Waals surface area contributed by atoms with E-state index in [4.69, 9.17) is 32.6 Å². The van der Waals surface area contributed by atoms with Gasteiger partial charge in [0.15, 0.2) is 5.17 Å². The van der Waals surface area contributed by atoms with Gasteiger partial charge >= 0.3 is 0 Å². The molecule has 4 nitrogen and oxygen atoms in total. The molecule has 1 fully saturated rings. The molecule has 4 rings (SSSR count). The normalized spacial score (nSPS) is 17.5. The van der Waals surface area contributed by atoms with Crippen molar-refractivity contribution in [3.05, 3.63) is 80.9 Å². The smallest absolute Gasteiger partial charge is 0.267 e. The molecule has 7 heteroatoms. The van der Waals surface area contributed by atoms with Gasteiger partial charge in [0.1, 0.15) is 11.5 Å². The van der Waals surface area contributed by atoms with Crippen LogP contribution in [-0.2, 0) is 4.79 Å². The summed E-state index contributed by atoms with van der Waals surface area (Å²) in [5.74, 6) is 1.17. The summed E-state index contributed by atoms with van der Waals surface area (Å²) in [7, 11) is 0. The lowest BCUT2D eigenvalue weighted by molar-refractivity contribution is -0.123. The van der Waals surface area contributed by atoms with Gasteiger partial charge in [0, 0.05) is 17.7 Å². The number of halogens is 2. The fourth-order valence-electron chi connectivity index (χ4n) is 3.23. The number of thioether (sulfide) groups is 1. The minimum absolute atomic E-state index is 0.0356. The SMILES string of the molecule is CC[C@H](C)N1C(=O)/C(=C\c2ccc(-c3ccc(Cl)c(Cl)c3)o2)SC1=Nc1ccc(C)cc1. The number of aryl methyl sites for hydroxylation is 1. The summed E-state index contributed by atoms with van der Waals surface area (Å²) >= 11 is 13.5. The van der Waals surface area contributed by atoms with Gasteiger partial charge in [-0.3, -0.25) is 9.69 Å². The van der Waals surface area contributed by atoms with E-state index in [1.165, 1.54) is 17.3 Å². The Kier molecular flexibility index (Phi) is 6.79. The van der Waals surface area contributed by atoms with Crippen molar-refractivity contribution in [3.63, 3.8) is 0 Å². The van der Waals surface area contributed by atoms with Crippen LogP contribution in [0.4, 0.5) is 5.69 Å². The van der Waals surface area contributed by atoms with Crippen molar-refractivity contribution in [2.75, 3.05) is 0 Å². The number of aliphatic imine (C=N–C) groups is 1. The predicted molar refractivity (Wildman–Crippen MR) is 135 cm³/mol. The highest BCUT2D eigenvalue weighted by atomic mass is 35.5. The van der Waals surface area contributed by atoms with Gasteiger partial charge in [-0.25, -0.2) is 4.99 Å². The molecule has 3 aromatic rings. The molecule has 0 N–H and O–H groups in total. The lowest BCUT2D eigenvalue weighted by Crippen LogP contribution is -2.36. The molecule has 0 aliphatic carbocycles. The van der Waals surface area contributed by atoms with Crippen molar-refractivity contribution in [1.29, 1.82) is 0 Å². The molecule has 0 radical (unpaired) electrons. The number of amidine groups is 1. The number of benzene rings is 2. The van der Waals surface area contributed by atoms with Crippen LogP contribution in [-0.4, -0.2) is 22.0 Å². The number of carbonyl (C=O) groups is 1. The Morgan fingerprint density at radius 1 is 1.09 bits per heavy atom. The number of nitrogens with zero attached hydrogens (tertiary/aromatic N) is 2. The number of hydrogen-bond donors (Lipinski definition) is 0. The minimum atomic E-state index is -0.0669. The summed E-state index contributed by atoms with van der Waals surface area (Å²) in [6.45, 7) is 6.12. The second-order valence-corrected chi connectivity index (χ2v) is 9.43. The number of amides is 1. The molecule has 164 valence electrons. The van der Waals surface area contributed by atoms with Crippen molar-refractivity contribution < 1.29 is 9.21 Å². The molecule has 0 bridgehead atoms. The van der Waals surface area contributed by atoms with Gasteiger partial charge in [0.2, 0.25) is 0 Å². The van der Waals surface area contributed by atoms with E-state index in [0.29, 0.717) is 31.6 Å². The van der Waals surface area contributed by atoms with E-state index in [1.807, 2.05) is 56.3 Å². The first-order valence-corrected chi connectivity index (χ1v) is 11.9. The molecule has 1 saturated heterocycles. The molecule has 0 saturated carbocycles. The maximum atomic E-state index is 13.2. The van der Waals surface area contributed by atoms with Crippen molar-refractivity contribution in [2.24, 2.45) is 4.99 Å². The molecule has 1 aliphatic rings. The fraction of sp³-hybridized carbons (Fsp3) is 0.200. The average Bonchev–Trinajstić information content (AvgIpc) is 3.36. The summed E-state index contributed by atoms with van der Waals surface area (Å²) in [6, 6.07) is 17.0. The highest BCUT2D eigenvalue weighted by molar-refractivity contribution is 8.18. The van der Waals surface area contributed by atoms with Crippen LogP contribution in [0.1, 0.15) is 31.6 Å². The van der Waals surface area contributed by atoms with E-state index < -0.39 is 0 Å². The molecule has 32 heavy (non-hydrogen) atoms. The minimum Gasteiger partial charge on any atom is -0.457 e. The summed E-state index contributed by atoms with van der Waals surface area (Å²) < 4.78 is 5.96. The van der Waals surface area contributed by atoms with E-state index >= 15 is 0 Å². The summed E-state index contributed by atoms with van der Waals surface area (Å²) in [6.07, 6.45) is 2.59. The fourth-order valence-corrected chi connectivity index (χ4v) is 4.60. The average molecular weight is 485 g/mol. The van der Waals surface area contributed by atoms with Gasteiger partial charge in [-0.1, -0.05) is 47.8 Å². The second kappa shape index (κ2) is 9.57. The number of carbonyl (C=O) groups excluding carboxylic acids is 1. The molecule has 1 atom stereocenters. The van der Waals surface area contributed by atoms with Gasteiger partial charge in [-0.05, 0) is 74.5 Å². The zero-order valence-electron chi connectivity index (χ0n) is 17.9. The van der Waals surface area contributed by atoms with Crippen molar-refractivity contribution in [1.82, 2.24) is 4.90 Å². The zero-order chi connectivity index (χ0) is 22.8. The van der Waals surface area contributed by atoms with Crippen LogP contribution in [0, 0.1) is 6.92 Å². The number of rotatable bonds is 5. The van der Waals surface area contributed by atoms with E-state index in [9.17, 15) is 4.79 Å². The molecule has 1 aromatic heterocycles. The van der Waals surface area contributed by atoms with E-state index in [0.717, 1.165) is 17.7 Å². The van der Waals surface area contributed by atoms with Crippen LogP contribution >= 0.6 is 35.0 Å². The van der Waals surface area contributed by atoms with Gasteiger partial charge in [0.05, 0.1) is 20.6 Å². The van der Waals surface area contributed by atoms with Gasteiger partial charge in [-0.15, -0.1) is 0 Å². The van der Waals surface area contributed by atoms with Crippen LogP contribution in [0.5, 0.6) is 0 Å². The summed E-state index contributed by atoms with van der Waals surface area (Å²) in [4.78, 5) is 20.3. The molecule has 1 aliphatic heterocycles.